The molecule has 0 unspecified atom stereocenters. The summed E-state index contributed by atoms with van der Waals surface area (Å²) in [5, 5.41) is 0. The summed E-state index contributed by atoms with van der Waals surface area (Å²) < 4.78 is 0. The highest BCUT2D eigenvalue weighted by molar-refractivity contribution is 5.69. The van der Waals surface area contributed by atoms with E-state index < -0.39 is 0 Å². The minimum Gasteiger partial charge on any atom is -0.346 e. The van der Waals surface area contributed by atoms with Gasteiger partial charge in [0.15, 0.2) is 0 Å². The molecule has 1 aliphatic carbocycles. The van der Waals surface area contributed by atoms with Crippen LogP contribution in [0.25, 0.3) is 11.3 Å². The lowest BCUT2D eigenvalue weighted by Crippen LogP contribution is -2.03. The first-order valence-corrected chi connectivity index (χ1v) is 6.39. The summed E-state index contributed by atoms with van der Waals surface area (Å²) in [4.78, 5) is 7.91. The number of nitrogens with one attached hydrogen (secondary N) is 1. The molecule has 0 bridgehead atoms. The standard InChI is InChI=1S/C13H14N2.C2H6.H2/c1-8-3-5-11-10(7-8)4-6-12-13(11)15-9(2)14-12;1-2;/h3,5,7H,4,6H2,1-2H3,(H,14,15);1-2H3;1H. The fourth-order valence-electron chi connectivity index (χ4n) is 2.36. The number of aromatic nitrogens is 2. The minimum atomic E-state index is 0. The van der Waals surface area contributed by atoms with Crippen molar-refractivity contribution in [3.63, 3.8) is 0 Å². The largest absolute Gasteiger partial charge is 0.346 e. The van der Waals surface area contributed by atoms with Crippen molar-refractivity contribution in [2.75, 3.05) is 0 Å². The molecular formula is C15H22N2. The fourth-order valence-corrected chi connectivity index (χ4v) is 2.36. The topological polar surface area (TPSA) is 28.7 Å². The molecule has 0 aliphatic heterocycles. The number of aromatic amines is 1. The van der Waals surface area contributed by atoms with Crippen molar-refractivity contribution < 1.29 is 1.43 Å². The fraction of sp³-hybridized carbons (Fsp3) is 0.400. The highest BCUT2D eigenvalue weighted by Gasteiger charge is 2.18. The lowest BCUT2D eigenvalue weighted by atomic mass is 9.91. The highest BCUT2D eigenvalue weighted by atomic mass is 14.9. The Morgan fingerprint density at radius 1 is 1.18 bits per heavy atom. The number of imidazole rings is 1. The highest BCUT2D eigenvalue weighted by Crippen LogP contribution is 2.32. The molecule has 0 saturated heterocycles. The van der Waals surface area contributed by atoms with Crippen LogP contribution in [0.4, 0.5) is 0 Å². The number of nitrogens with zero attached hydrogens (tertiary/aromatic N) is 1. The van der Waals surface area contributed by atoms with Crippen LogP contribution < -0.4 is 0 Å². The Balaban J connectivity index is 0.000000516. The van der Waals surface area contributed by atoms with Gasteiger partial charge in [0.05, 0.1) is 5.69 Å². The molecule has 0 saturated carbocycles. The summed E-state index contributed by atoms with van der Waals surface area (Å²) in [6.07, 6.45) is 2.22. The molecule has 1 heterocycles. The SMILES string of the molecule is CC.Cc1ccc2c(c1)CCc1[nH]c(C)nc1-2.[HH]. The summed E-state index contributed by atoms with van der Waals surface area (Å²) >= 11 is 0. The van der Waals surface area contributed by atoms with Gasteiger partial charge in [-0.1, -0.05) is 37.6 Å². The second-order valence-electron chi connectivity index (χ2n) is 4.31. The molecular weight excluding hydrogens is 208 g/mol. The summed E-state index contributed by atoms with van der Waals surface area (Å²) in [7, 11) is 0. The van der Waals surface area contributed by atoms with Crippen LogP contribution in [0, 0.1) is 13.8 Å². The van der Waals surface area contributed by atoms with E-state index in [0.29, 0.717) is 0 Å². The van der Waals surface area contributed by atoms with Gasteiger partial charge in [-0.15, -0.1) is 0 Å². The van der Waals surface area contributed by atoms with Gasteiger partial charge in [-0.05, 0) is 32.3 Å². The maximum Gasteiger partial charge on any atom is 0.103 e. The van der Waals surface area contributed by atoms with Crippen LogP contribution in [-0.4, -0.2) is 9.97 Å². The third kappa shape index (κ3) is 2.12. The number of hydrogen-bond acceptors (Lipinski definition) is 1. The van der Waals surface area contributed by atoms with Crippen molar-refractivity contribution in [3.05, 3.63) is 40.8 Å². The molecule has 92 valence electrons. The number of rotatable bonds is 0. The predicted octanol–water partition coefficient (Wildman–Crippen LogP) is 4.06. The third-order valence-electron chi connectivity index (χ3n) is 3.06. The summed E-state index contributed by atoms with van der Waals surface area (Å²) in [5.41, 5.74) is 6.54. The normalized spacial score (nSPS) is 12.2. The molecule has 0 amide bonds. The predicted molar refractivity (Wildman–Crippen MR) is 74.4 cm³/mol. The maximum absolute atomic E-state index is 4.57. The summed E-state index contributed by atoms with van der Waals surface area (Å²) in [6.45, 7) is 8.16. The van der Waals surface area contributed by atoms with Crippen molar-refractivity contribution in [3.8, 4) is 11.3 Å². The molecule has 0 fully saturated rings. The van der Waals surface area contributed by atoms with Crippen LogP contribution in [0.3, 0.4) is 0 Å². The molecule has 17 heavy (non-hydrogen) atoms. The molecule has 1 aliphatic rings. The van der Waals surface area contributed by atoms with E-state index >= 15 is 0 Å². The lowest BCUT2D eigenvalue weighted by Gasteiger charge is -2.15. The van der Waals surface area contributed by atoms with Gasteiger partial charge >= 0.3 is 0 Å². The number of H-pyrrole nitrogens is 1. The van der Waals surface area contributed by atoms with Crippen molar-refractivity contribution in [2.45, 2.75) is 40.5 Å². The van der Waals surface area contributed by atoms with Gasteiger partial charge in [0.1, 0.15) is 5.82 Å². The van der Waals surface area contributed by atoms with E-state index in [2.05, 4.69) is 35.1 Å². The molecule has 2 aromatic rings. The van der Waals surface area contributed by atoms with E-state index in [-0.39, 0.29) is 1.43 Å². The number of fused-ring (bicyclic) bond motifs is 3. The third-order valence-corrected chi connectivity index (χ3v) is 3.06. The average molecular weight is 230 g/mol. The van der Waals surface area contributed by atoms with Crippen LogP contribution in [0.2, 0.25) is 0 Å². The lowest BCUT2D eigenvalue weighted by molar-refractivity contribution is 0.903. The Hall–Kier alpha value is -1.57. The molecule has 2 nitrogen and oxygen atoms in total. The van der Waals surface area contributed by atoms with Gasteiger partial charge < -0.3 is 4.98 Å². The van der Waals surface area contributed by atoms with E-state index in [9.17, 15) is 0 Å². The van der Waals surface area contributed by atoms with Gasteiger partial charge in [-0.3, -0.25) is 0 Å². The Morgan fingerprint density at radius 3 is 2.71 bits per heavy atom. The van der Waals surface area contributed by atoms with Crippen molar-refractivity contribution in [2.24, 2.45) is 0 Å². The Labute approximate surface area is 105 Å². The molecule has 0 radical (unpaired) electrons. The summed E-state index contributed by atoms with van der Waals surface area (Å²) in [6, 6.07) is 6.64. The zero-order valence-electron chi connectivity index (χ0n) is 11.1. The number of hydrogen-bond donors (Lipinski definition) is 1. The quantitative estimate of drug-likeness (QED) is 0.726. The van der Waals surface area contributed by atoms with Crippen LogP contribution in [0.1, 0.15) is 37.9 Å². The maximum atomic E-state index is 4.57. The molecule has 1 aromatic heterocycles. The van der Waals surface area contributed by atoms with Gasteiger partial charge in [0.25, 0.3) is 0 Å². The minimum absolute atomic E-state index is 0. The second-order valence-corrected chi connectivity index (χ2v) is 4.31. The zero-order valence-corrected chi connectivity index (χ0v) is 11.1. The number of aryl methyl sites for hydroxylation is 4. The first-order chi connectivity index (χ1) is 8.24. The van der Waals surface area contributed by atoms with Crippen molar-refractivity contribution >= 4 is 0 Å². The van der Waals surface area contributed by atoms with Gasteiger partial charge in [-0.25, -0.2) is 4.98 Å². The van der Waals surface area contributed by atoms with E-state index in [1.54, 1.807) is 0 Å². The number of benzene rings is 1. The second kappa shape index (κ2) is 4.74. The van der Waals surface area contributed by atoms with Crippen LogP contribution in [0.15, 0.2) is 18.2 Å². The molecule has 3 rings (SSSR count). The van der Waals surface area contributed by atoms with Gasteiger partial charge in [0, 0.05) is 12.7 Å². The van der Waals surface area contributed by atoms with Crippen LogP contribution in [0.5, 0.6) is 0 Å². The van der Waals surface area contributed by atoms with Crippen LogP contribution >= 0.6 is 0 Å². The van der Waals surface area contributed by atoms with Crippen LogP contribution in [-0.2, 0) is 12.8 Å². The average Bonchev–Trinajstić information content (AvgIpc) is 2.72. The monoisotopic (exact) mass is 230 g/mol. The van der Waals surface area contributed by atoms with E-state index in [4.69, 9.17) is 0 Å². The smallest absolute Gasteiger partial charge is 0.103 e. The Bertz CT molecular complexity index is 529. The van der Waals surface area contributed by atoms with Crippen molar-refractivity contribution in [1.29, 1.82) is 0 Å². The van der Waals surface area contributed by atoms with E-state index in [1.165, 1.54) is 22.4 Å². The Morgan fingerprint density at radius 2 is 1.94 bits per heavy atom. The first kappa shape index (κ1) is 11.9. The van der Waals surface area contributed by atoms with E-state index in [0.717, 1.165) is 24.4 Å². The van der Waals surface area contributed by atoms with Gasteiger partial charge in [0.2, 0.25) is 0 Å². The summed E-state index contributed by atoms with van der Waals surface area (Å²) in [5.74, 6) is 1.02. The molecule has 2 heteroatoms. The molecule has 0 atom stereocenters. The van der Waals surface area contributed by atoms with Crippen molar-refractivity contribution in [1.82, 2.24) is 9.97 Å². The first-order valence-electron chi connectivity index (χ1n) is 6.39. The zero-order chi connectivity index (χ0) is 12.4. The van der Waals surface area contributed by atoms with Gasteiger partial charge in [-0.2, -0.15) is 0 Å². The molecule has 1 aromatic carbocycles. The molecule has 0 spiro atoms. The Kier molecular flexibility index (Phi) is 3.32. The van der Waals surface area contributed by atoms with E-state index in [1.807, 2.05) is 20.8 Å². The molecule has 1 N–H and O–H groups in total.